The Morgan fingerprint density at radius 3 is 2.57 bits per heavy atom. The molecule has 1 saturated heterocycles. The molecular formula is C9H14F3NO. The van der Waals surface area contributed by atoms with E-state index < -0.39 is 12.6 Å². The van der Waals surface area contributed by atoms with Crippen molar-refractivity contribution in [1.82, 2.24) is 5.32 Å². The molecule has 1 N–H and O–H groups in total. The summed E-state index contributed by atoms with van der Waals surface area (Å²) >= 11 is 0. The topological polar surface area (TPSA) is 29.1 Å². The molecule has 2 nitrogen and oxygen atoms in total. The predicted octanol–water partition coefficient (Wildman–Crippen LogP) is 2.04. The molecule has 1 fully saturated rings. The van der Waals surface area contributed by atoms with E-state index in [9.17, 15) is 18.0 Å². The van der Waals surface area contributed by atoms with Crippen LogP contribution >= 0.6 is 0 Å². The van der Waals surface area contributed by atoms with Crippen molar-refractivity contribution in [2.45, 2.75) is 44.3 Å². The van der Waals surface area contributed by atoms with Crippen molar-refractivity contribution in [2.24, 2.45) is 0 Å². The summed E-state index contributed by atoms with van der Waals surface area (Å²) in [4.78, 5) is 11.3. The van der Waals surface area contributed by atoms with Crippen LogP contribution in [0.3, 0.4) is 0 Å². The second kappa shape index (κ2) is 4.77. The Bertz CT molecular complexity index is 197. The maximum absolute atomic E-state index is 11.8. The lowest BCUT2D eigenvalue weighted by Crippen LogP contribution is -2.40. The SMILES string of the molecule is O=C(CCC(F)(F)F)C1CCCCN1. The summed E-state index contributed by atoms with van der Waals surface area (Å²) in [6.45, 7) is 0.739. The van der Waals surface area contributed by atoms with E-state index in [0.717, 1.165) is 19.4 Å². The summed E-state index contributed by atoms with van der Waals surface area (Å²) in [6, 6.07) is -0.342. The highest BCUT2D eigenvalue weighted by molar-refractivity contribution is 5.84. The largest absolute Gasteiger partial charge is 0.389 e. The second-order valence-corrected chi connectivity index (χ2v) is 3.58. The molecule has 1 heterocycles. The summed E-state index contributed by atoms with van der Waals surface area (Å²) in [5.41, 5.74) is 0. The zero-order chi connectivity index (χ0) is 10.6. The third kappa shape index (κ3) is 4.09. The van der Waals surface area contributed by atoms with Crippen LogP contribution in [0.1, 0.15) is 32.1 Å². The minimum Gasteiger partial charge on any atom is -0.307 e. The molecular weight excluding hydrogens is 195 g/mol. The van der Waals surface area contributed by atoms with E-state index in [-0.39, 0.29) is 18.2 Å². The molecule has 0 spiro atoms. The molecule has 0 bridgehead atoms. The van der Waals surface area contributed by atoms with Gasteiger partial charge in [-0.25, -0.2) is 0 Å². The first kappa shape index (κ1) is 11.5. The van der Waals surface area contributed by atoms with E-state index in [4.69, 9.17) is 0 Å². The molecule has 1 atom stereocenters. The number of nitrogens with one attached hydrogen (secondary N) is 1. The summed E-state index contributed by atoms with van der Waals surface area (Å²) in [5.74, 6) is -0.304. The van der Waals surface area contributed by atoms with Crippen LogP contribution in [0, 0.1) is 0 Å². The number of rotatable bonds is 3. The van der Waals surface area contributed by atoms with Gasteiger partial charge in [0.2, 0.25) is 0 Å². The van der Waals surface area contributed by atoms with E-state index in [1.165, 1.54) is 0 Å². The number of hydrogen-bond acceptors (Lipinski definition) is 2. The van der Waals surface area contributed by atoms with Crippen LogP contribution in [0.15, 0.2) is 0 Å². The smallest absolute Gasteiger partial charge is 0.307 e. The van der Waals surface area contributed by atoms with E-state index in [1.807, 2.05) is 0 Å². The first-order valence-corrected chi connectivity index (χ1v) is 4.82. The molecule has 0 aliphatic carbocycles. The fourth-order valence-corrected chi connectivity index (χ4v) is 1.57. The Hall–Kier alpha value is -0.580. The highest BCUT2D eigenvalue weighted by atomic mass is 19.4. The lowest BCUT2D eigenvalue weighted by atomic mass is 9.98. The van der Waals surface area contributed by atoms with Gasteiger partial charge in [-0.05, 0) is 19.4 Å². The third-order valence-electron chi connectivity index (χ3n) is 2.35. The average Bonchev–Trinajstić information content (AvgIpc) is 2.14. The van der Waals surface area contributed by atoms with Crippen molar-refractivity contribution < 1.29 is 18.0 Å². The molecule has 0 amide bonds. The van der Waals surface area contributed by atoms with Gasteiger partial charge in [0, 0.05) is 6.42 Å². The van der Waals surface area contributed by atoms with Gasteiger partial charge in [-0.3, -0.25) is 4.79 Å². The number of alkyl halides is 3. The maximum Gasteiger partial charge on any atom is 0.389 e. The Morgan fingerprint density at radius 1 is 1.36 bits per heavy atom. The van der Waals surface area contributed by atoms with Crippen LogP contribution in [-0.2, 0) is 4.79 Å². The van der Waals surface area contributed by atoms with Gasteiger partial charge in [0.15, 0.2) is 0 Å². The van der Waals surface area contributed by atoms with Crippen molar-refractivity contribution >= 4 is 5.78 Å². The molecule has 14 heavy (non-hydrogen) atoms. The van der Waals surface area contributed by atoms with Gasteiger partial charge in [0.1, 0.15) is 5.78 Å². The lowest BCUT2D eigenvalue weighted by Gasteiger charge is -2.22. The van der Waals surface area contributed by atoms with Gasteiger partial charge < -0.3 is 5.32 Å². The molecule has 0 aromatic rings. The molecule has 1 rings (SSSR count). The molecule has 1 aliphatic rings. The number of hydrogen-bond donors (Lipinski definition) is 1. The number of Topliss-reactive ketones (excluding diaryl/α,β-unsaturated/α-hetero) is 1. The predicted molar refractivity (Wildman–Crippen MR) is 45.9 cm³/mol. The first-order valence-electron chi connectivity index (χ1n) is 4.82. The Morgan fingerprint density at radius 2 is 2.07 bits per heavy atom. The molecule has 0 aromatic carbocycles. The number of carbonyl (C=O) groups is 1. The van der Waals surface area contributed by atoms with Crippen LogP contribution in [0.25, 0.3) is 0 Å². The molecule has 5 heteroatoms. The number of piperidine rings is 1. The van der Waals surface area contributed by atoms with Crippen LogP contribution < -0.4 is 5.32 Å². The van der Waals surface area contributed by atoms with Crippen molar-refractivity contribution in [2.75, 3.05) is 6.54 Å². The van der Waals surface area contributed by atoms with E-state index in [1.54, 1.807) is 0 Å². The normalized spacial score (nSPS) is 23.5. The molecule has 0 saturated carbocycles. The van der Waals surface area contributed by atoms with Crippen LogP contribution in [0.2, 0.25) is 0 Å². The lowest BCUT2D eigenvalue weighted by molar-refractivity contribution is -0.144. The van der Waals surface area contributed by atoms with E-state index >= 15 is 0 Å². The number of carbonyl (C=O) groups excluding carboxylic acids is 1. The van der Waals surface area contributed by atoms with Gasteiger partial charge in [0.25, 0.3) is 0 Å². The van der Waals surface area contributed by atoms with E-state index in [2.05, 4.69) is 5.32 Å². The highest BCUT2D eigenvalue weighted by Gasteiger charge is 2.30. The average molecular weight is 209 g/mol. The molecule has 0 aromatic heterocycles. The van der Waals surface area contributed by atoms with Crippen molar-refractivity contribution in [3.05, 3.63) is 0 Å². The number of halogens is 3. The van der Waals surface area contributed by atoms with Gasteiger partial charge in [-0.1, -0.05) is 6.42 Å². The Kier molecular flexibility index (Phi) is 3.92. The monoisotopic (exact) mass is 209 g/mol. The van der Waals surface area contributed by atoms with E-state index in [0.29, 0.717) is 6.42 Å². The van der Waals surface area contributed by atoms with Crippen LogP contribution in [0.5, 0.6) is 0 Å². The molecule has 1 aliphatic heterocycles. The molecule has 1 unspecified atom stereocenters. The molecule has 82 valence electrons. The van der Waals surface area contributed by atoms with Crippen molar-refractivity contribution in [3.63, 3.8) is 0 Å². The summed E-state index contributed by atoms with van der Waals surface area (Å²) in [5, 5.41) is 2.94. The summed E-state index contributed by atoms with van der Waals surface area (Å²) in [6.07, 6.45) is -3.00. The van der Waals surface area contributed by atoms with Gasteiger partial charge in [-0.15, -0.1) is 0 Å². The van der Waals surface area contributed by atoms with Gasteiger partial charge in [0.05, 0.1) is 12.5 Å². The summed E-state index contributed by atoms with van der Waals surface area (Å²) < 4.78 is 35.4. The van der Waals surface area contributed by atoms with Gasteiger partial charge >= 0.3 is 6.18 Å². The maximum atomic E-state index is 11.8. The highest BCUT2D eigenvalue weighted by Crippen LogP contribution is 2.22. The van der Waals surface area contributed by atoms with Crippen LogP contribution in [0.4, 0.5) is 13.2 Å². The quantitative estimate of drug-likeness (QED) is 0.770. The van der Waals surface area contributed by atoms with Crippen molar-refractivity contribution in [1.29, 1.82) is 0 Å². The zero-order valence-corrected chi connectivity index (χ0v) is 7.86. The first-order chi connectivity index (χ1) is 6.49. The van der Waals surface area contributed by atoms with Gasteiger partial charge in [-0.2, -0.15) is 13.2 Å². The molecule has 0 radical (unpaired) electrons. The van der Waals surface area contributed by atoms with Crippen LogP contribution in [-0.4, -0.2) is 24.5 Å². The number of ketones is 1. The fraction of sp³-hybridized carbons (Fsp3) is 0.889. The summed E-state index contributed by atoms with van der Waals surface area (Å²) in [7, 11) is 0. The minimum absolute atomic E-state index is 0.304. The zero-order valence-electron chi connectivity index (χ0n) is 7.86. The Balaban J connectivity index is 2.27. The Labute approximate surface area is 80.9 Å². The third-order valence-corrected chi connectivity index (χ3v) is 2.35. The van der Waals surface area contributed by atoms with Crippen molar-refractivity contribution in [3.8, 4) is 0 Å². The standard InChI is InChI=1S/C9H14F3NO/c10-9(11,12)5-4-8(14)7-3-1-2-6-13-7/h7,13H,1-6H2. The fourth-order valence-electron chi connectivity index (χ4n) is 1.57. The minimum atomic E-state index is -4.22. The second-order valence-electron chi connectivity index (χ2n) is 3.58.